The summed E-state index contributed by atoms with van der Waals surface area (Å²) in [5.41, 5.74) is 0. The maximum atomic E-state index is 12.9. The zero-order chi connectivity index (χ0) is 17.6. The van der Waals surface area contributed by atoms with Crippen LogP contribution in [0.15, 0.2) is 36.7 Å². The lowest BCUT2D eigenvalue weighted by molar-refractivity contribution is -0.122. The van der Waals surface area contributed by atoms with E-state index < -0.39 is 6.10 Å². The number of ether oxygens (including phenoxy) is 2. The summed E-state index contributed by atoms with van der Waals surface area (Å²) in [6.07, 6.45) is 0.651. The molecule has 0 bridgehead atoms. The largest absolute Gasteiger partial charge is 0.481 e. The molecule has 0 radical (unpaired) electrons. The number of hydrogen-bond acceptors (Lipinski definition) is 6. The number of carbonyl (C=O) groups is 1. The van der Waals surface area contributed by atoms with Crippen molar-refractivity contribution >= 4 is 17.5 Å². The monoisotopic (exact) mass is 346 g/mol. The van der Waals surface area contributed by atoms with E-state index in [0.29, 0.717) is 24.8 Å². The summed E-state index contributed by atoms with van der Waals surface area (Å²) in [7, 11) is 0. The maximum absolute atomic E-state index is 12.9. The Morgan fingerprint density at radius 3 is 2.72 bits per heavy atom. The lowest BCUT2D eigenvalue weighted by atomic mass is 10.3. The molecule has 2 heterocycles. The van der Waals surface area contributed by atoms with E-state index in [1.165, 1.54) is 30.6 Å². The molecule has 0 saturated carbocycles. The van der Waals surface area contributed by atoms with Gasteiger partial charge in [0, 0.05) is 19.2 Å². The van der Waals surface area contributed by atoms with Crippen LogP contribution in [0, 0.1) is 5.82 Å². The average Bonchev–Trinajstić information content (AvgIpc) is 2.64. The van der Waals surface area contributed by atoms with Crippen molar-refractivity contribution in [1.29, 1.82) is 0 Å². The van der Waals surface area contributed by atoms with Crippen molar-refractivity contribution in [3.8, 4) is 5.75 Å². The zero-order valence-electron chi connectivity index (χ0n) is 13.8. The lowest BCUT2D eigenvalue weighted by Gasteiger charge is -2.27. The van der Waals surface area contributed by atoms with Crippen molar-refractivity contribution in [3.63, 3.8) is 0 Å². The number of anilines is 2. The quantitative estimate of drug-likeness (QED) is 0.890. The predicted molar refractivity (Wildman–Crippen MR) is 90.2 cm³/mol. The molecule has 132 valence electrons. The Labute approximate surface area is 144 Å². The molecule has 1 unspecified atom stereocenters. The first-order valence-corrected chi connectivity index (χ1v) is 7.99. The lowest BCUT2D eigenvalue weighted by Crippen LogP contribution is -2.37. The van der Waals surface area contributed by atoms with Crippen LogP contribution in [-0.2, 0) is 9.53 Å². The Balaban J connectivity index is 1.60. The van der Waals surface area contributed by atoms with Gasteiger partial charge in [-0.3, -0.25) is 4.79 Å². The second-order valence-corrected chi connectivity index (χ2v) is 5.56. The van der Waals surface area contributed by atoms with Crippen molar-refractivity contribution in [2.75, 3.05) is 36.5 Å². The predicted octanol–water partition coefficient (Wildman–Crippen LogP) is 1.86. The Morgan fingerprint density at radius 2 is 2.00 bits per heavy atom. The molecule has 1 aliphatic heterocycles. The Morgan fingerprint density at radius 1 is 1.28 bits per heavy atom. The number of carbonyl (C=O) groups excluding carboxylic acids is 1. The van der Waals surface area contributed by atoms with Crippen molar-refractivity contribution in [2.45, 2.75) is 13.0 Å². The van der Waals surface area contributed by atoms with Crippen LogP contribution >= 0.6 is 0 Å². The zero-order valence-corrected chi connectivity index (χ0v) is 13.8. The highest BCUT2D eigenvalue weighted by Crippen LogP contribution is 2.17. The standard InChI is InChI=1S/C17H19FN4O3/c1-12(25-14-4-2-13(18)3-5-14)17(23)21-15-10-16(20-11-19-15)22-6-8-24-9-7-22/h2-5,10-12H,6-9H2,1H3,(H,19,20,21,23). The molecule has 0 aliphatic carbocycles. The van der Waals surface area contributed by atoms with E-state index in [0.717, 1.165) is 18.9 Å². The highest BCUT2D eigenvalue weighted by atomic mass is 19.1. The van der Waals surface area contributed by atoms with Gasteiger partial charge in [0.15, 0.2) is 6.10 Å². The molecule has 1 aromatic carbocycles. The first-order valence-electron chi connectivity index (χ1n) is 7.99. The minimum atomic E-state index is -0.757. The first kappa shape index (κ1) is 17.1. The molecule has 0 spiro atoms. The molecule has 1 aliphatic rings. The van der Waals surface area contributed by atoms with E-state index in [9.17, 15) is 9.18 Å². The summed E-state index contributed by atoms with van der Waals surface area (Å²) in [6.45, 7) is 4.40. The van der Waals surface area contributed by atoms with E-state index in [1.807, 2.05) is 0 Å². The van der Waals surface area contributed by atoms with E-state index in [1.54, 1.807) is 13.0 Å². The SMILES string of the molecule is CC(Oc1ccc(F)cc1)C(=O)Nc1cc(N2CCOCC2)ncn1. The van der Waals surface area contributed by atoms with Gasteiger partial charge in [-0.2, -0.15) is 0 Å². The molecule has 3 rings (SSSR count). The molecule has 1 atom stereocenters. The molecule has 7 nitrogen and oxygen atoms in total. The van der Waals surface area contributed by atoms with Crippen LogP contribution in [0.25, 0.3) is 0 Å². The van der Waals surface area contributed by atoms with Gasteiger partial charge in [-0.1, -0.05) is 0 Å². The summed E-state index contributed by atoms with van der Waals surface area (Å²) >= 11 is 0. The van der Waals surface area contributed by atoms with Crippen LogP contribution in [-0.4, -0.2) is 48.3 Å². The highest BCUT2D eigenvalue weighted by Gasteiger charge is 2.17. The summed E-state index contributed by atoms with van der Waals surface area (Å²) in [5.74, 6) is 0.842. The van der Waals surface area contributed by atoms with Gasteiger partial charge in [-0.25, -0.2) is 14.4 Å². The molecule has 1 fully saturated rings. The van der Waals surface area contributed by atoms with E-state index >= 15 is 0 Å². The van der Waals surface area contributed by atoms with Gasteiger partial charge >= 0.3 is 0 Å². The van der Waals surface area contributed by atoms with Gasteiger partial charge in [0.2, 0.25) is 0 Å². The van der Waals surface area contributed by atoms with E-state index in [2.05, 4.69) is 20.2 Å². The number of aromatic nitrogens is 2. The number of morpholine rings is 1. The number of nitrogens with one attached hydrogen (secondary N) is 1. The molecule has 1 saturated heterocycles. The van der Waals surface area contributed by atoms with E-state index in [-0.39, 0.29) is 11.7 Å². The molecule has 1 aromatic heterocycles. The van der Waals surface area contributed by atoms with Gasteiger partial charge in [0.1, 0.15) is 29.5 Å². The third-order valence-corrected chi connectivity index (χ3v) is 3.73. The Kier molecular flexibility index (Phi) is 5.39. The van der Waals surface area contributed by atoms with Crippen molar-refractivity contribution < 1.29 is 18.7 Å². The smallest absolute Gasteiger partial charge is 0.266 e. The minimum absolute atomic E-state index is 0.351. The number of benzene rings is 1. The fourth-order valence-corrected chi connectivity index (χ4v) is 2.38. The first-order chi connectivity index (χ1) is 12.1. The molecular weight excluding hydrogens is 327 g/mol. The third-order valence-electron chi connectivity index (χ3n) is 3.73. The molecule has 2 aromatic rings. The van der Waals surface area contributed by atoms with Crippen molar-refractivity contribution in [3.05, 3.63) is 42.5 Å². The molecule has 1 N–H and O–H groups in total. The van der Waals surface area contributed by atoms with Crippen LogP contribution in [0.1, 0.15) is 6.92 Å². The fourth-order valence-electron chi connectivity index (χ4n) is 2.38. The van der Waals surface area contributed by atoms with Crippen molar-refractivity contribution in [2.24, 2.45) is 0 Å². The number of rotatable bonds is 5. The third kappa shape index (κ3) is 4.63. The van der Waals surface area contributed by atoms with Gasteiger partial charge in [0.25, 0.3) is 5.91 Å². The van der Waals surface area contributed by atoms with Crippen LogP contribution in [0.4, 0.5) is 16.0 Å². The van der Waals surface area contributed by atoms with E-state index in [4.69, 9.17) is 9.47 Å². The normalized spacial score (nSPS) is 15.5. The maximum Gasteiger partial charge on any atom is 0.266 e. The summed E-state index contributed by atoms with van der Waals surface area (Å²) < 4.78 is 23.7. The fraction of sp³-hybridized carbons (Fsp3) is 0.353. The molecule has 1 amide bonds. The number of amides is 1. The second-order valence-electron chi connectivity index (χ2n) is 5.56. The van der Waals surface area contributed by atoms with Crippen LogP contribution in [0.5, 0.6) is 5.75 Å². The van der Waals surface area contributed by atoms with Gasteiger partial charge in [-0.05, 0) is 31.2 Å². The Hall–Kier alpha value is -2.74. The summed E-state index contributed by atoms with van der Waals surface area (Å²) in [5, 5.41) is 2.71. The van der Waals surface area contributed by atoms with Crippen LogP contribution in [0.2, 0.25) is 0 Å². The molecule has 25 heavy (non-hydrogen) atoms. The minimum Gasteiger partial charge on any atom is -0.481 e. The van der Waals surface area contributed by atoms with Gasteiger partial charge in [0.05, 0.1) is 13.2 Å². The van der Waals surface area contributed by atoms with Crippen LogP contribution in [0.3, 0.4) is 0 Å². The second kappa shape index (κ2) is 7.89. The Bertz CT molecular complexity index is 720. The average molecular weight is 346 g/mol. The molecular formula is C17H19FN4O3. The molecule has 8 heteroatoms. The number of nitrogens with zero attached hydrogens (tertiary/aromatic N) is 3. The summed E-state index contributed by atoms with van der Waals surface area (Å²) in [6, 6.07) is 7.21. The van der Waals surface area contributed by atoms with Crippen LogP contribution < -0.4 is 15.0 Å². The highest BCUT2D eigenvalue weighted by molar-refractivity contribution is 5.93. The van der Waals surface area contributed by atoms with Gasteiger partial charge < -0.3 is 19.7 Å². The number of halogens is 1. The van der Waals surface area contributed by atoms with Gasteiger partial charge in [-0.15, -0.1) is 0 Å². The topological polar surface area (TPSA) is 76.6 Å². The number of hydrogen-bond donors (Lipinski definition) is 1. The van der Waals surface area contributed by atoms with Crippen molar-refractivity contribution in [1.82, 2.24) is 9.97 Å². The summed E-state index contributed by atoms with van der Waals surface area (Å²) in [4.78, 5) is 22.6.